The topological polar surface area (TPSA) is 45.7 Å². The van der Waals surface area contributed by atoms with Gasteiger partial charge >= 0.3 is 0 Å². The van der Waals surface area contributed by atoms with Gasteiger partial charge in [-0.15, -0.1) is 11.3 Å². The Morgan fingerprint density at radius 1 is 1.35 bits per heavy atom. The lowest BCUT2D eigenvalue weighted by Gasteiger charge is -2.15. The molecule has 1 rings (SSSR count). The second kappa shape index (κ2) is 9.77. The maximum Gasteiger partial charge on any atom is 0.190 e. The van der Waals surface area contributed by atoms with Crippen molar-refractivity contribution in [3.05, 3.63) is 22.4 Å². The van der Waals surface area contributed by atoms with Gasteiger partial charge in [0, 0.05) is 37.5 Å². The summed E-state index contributed by atoms with van der Waals surface area (Å²) >= 11 is 1.80. The second-order valence-electron chi connectivity index (χ2n) is 5.07. The van der Waals surface area contributed by atoms with Crippen LogP contribution in [0.15, 0.2) is 22.5 Å². The lowest BCUT2D eigenvalue weighted by molar-refractivity contribution is 0.0776. The van der Waals surface area contributed by atoms with E-state index in [1.165, 1.54) is 4.88 Å². The van der Waals surface area contributed by atoms with E-state index in [4.69, 9.17) is 4.74 Å². The largest absolute Gasteiger partial charge is 0.379 e. The van der Waals surface area contributed by atoms with E-state index in [0.717, 1.165) is 32.1 Å². The van der Waals surface area contributed by atoms with Gasteiger partial charge in [0.1, 0.15) is 0 Å². The highest BCUT2D eigenvalue weighted by molar-refractivity contribution is 7.10. The molecular formula is C15H27N3OS. The van der Waals surface area contributed by atoms with E-state index in [2.05, 4.69) is 53.9 Å². The van der Waals surface area contributed by atoms with Crippen molar-refractivity contribution in [1.82, 2.24) is 10.6 Å². The molecule has 4 nitrogen and oxygen atoms in total. The maximum atomic E-state index is 5.51. The number of rotatable bonds is 8. The predicted octanol–water partition coefficient (Wildman–Crippen LogP) is 2.83. The molecule has 0 aromatic carbocycles. The Morgan fingerprint density at radius 2 is 2.15 bits per heavy atom. The molecule has 1 aromatic heterocycles. The summed E-state index contributed by atoms with van der Waals surface area (Å²) in [6.45, 7) is 8.89. The standard InChI is InChI=1S/C15H27N3OS/c1-12(2)19-9-6-8-17-15(16-4)18-11-13(3)14-7-5-10-20-14/h5,7,10,12-13H,6,8-9,11H2,1-4H3,(H2,16,17,18). The number of thiophene rings is 1. The van der Waals surface area contributed by atoms with Crippen molar-refractivity contribution in [2.24, 2.45) is 4.99 Å². The third kappa shape index (κ3) is 6.91. The first-order valence-electron chi connectivity index (χ1n) is 7.23. The fourth-order valence-electron chi connectivity index (χ4n) is 1.74. The van der Waals surface area contributed by atoms with Crippen LogP contribution < -0.4 is 10.6 Å². The number of nitrogens with zero attached hydrogens (tertiary/aromatic N) is 1. The average Bonchev–Trinajstić information content (AvgIpc) is 2.95. The van der Waals surface area contributed by atoms with E-state index in [1.54, 1.807) is 18.4 Å². The van der Waals surface area contributed by atoms with Gasteiger partial charge < -0.3 is 15.4 Å². The van der Waals surface area contributed by atoms with Gasteiger partial charge in [-0.25, -0.2) is 0 Å². The molecule has 0 bridgehead atoms. The van der Waals surface area contributed by atoms with Crippen LogP contribution in [0.1, 0.15) is 38.0 Å². The molecule has 2 N–H and O–H groups in total. The third-order valence-corrected chi connectivity index (χ3v) is 4.00. The monoisotopic (exact) mass is 297 g/mol. The van der Waals surface area contributed by atoms with Crippen LogP contribution in [0.5, 0.6) is 0 Å². The molecule has 1 atom stereocenters. The van der Waals surface area contributed by atoms with Gasteiger partial charge in [0.2, 0.25) is 0 Å². The molecule has 0 aliphatic heterocycles. The zero-order valence-electron chi connectivity index (χ0n) is 13.0. The Kier molecular flexibility index (Phi) is 8.30. The maximum absolute atomic E-state index is 5.51. The molecule has 0 fully saturated rings. The van der Waals surface area contributed by atoms with Gasteiger partial charge in [-0.05, 0) is 31.7 Å². The van der Waals surface area contributed by atoms with Crippen LogP contribution >= 0.6 is 11.3 Å². The zero-order valence-corrected chi connectivity index (χ0v) is 13.8. The van der Waals surface area contributed by atoms with Gasteiger partial charge in [0.25, 0.3) is 0 Å². The summed E-state index contributed by atoms with van der Waals surface area (Å²) in [7, 11) is 1.80. The first-order valence-corrected chi connectivity index (χ1v) is 8.11. The van der Waals surface area contributed by atoms with Crippen molar-refractivity contribution < 1.29 is 4.74 Å². The molecule has 5 heteroatoms. The highest BCUT2D eigenvalue weighted by atomic mass is 32.1. The summed E-state index contributed by atoms with van der Waals surface area (Å²) in [5, 5.41) is 8.79. The molecule has 0 saturated heterocycles. The number of nitrogens with one attached hydrogen (secondary N) is 2. The van der Waals surface area contributed by atoms with Crippen LogP contribution in [0, 0.1) is 0 Å². The fraction of sp³-hybridized carbons (Fsp3) is 0.667. The number of hydrogen-bond acceptors (Lipinski definition) is 3. The number of hydrogen-bond donors (Lipinski definition) is 2. The van der Waals surface area contributed by atoms with Crippen LogP contribution in [0.4, 0.5) is 0 Å². The van der Waals surface area contributed by atoms with Crippen molar-refractivity contribution in [2.75, 3.05) is 26.7 Å². The molecule has 1 unspecified atom stereocenters. The highest BCUT2D eigenvalue weighted by Gasteiger charge is 2.07. The zero-order chi connectivity index (χ0) is 14.8. The molecule has 1 heterocycles. The molecule has 1 aromatic rings. The van der Waals surface area contributed by atoms with Crippen molar-refractivity contribution in [3.8, 4) is 0 Å². The van der Waals surface area contributed by atoms with Gasteiger partial charge in [-0.2, -0.15) is 0 Å². The molecular weight excluding hydrogens is 270 g/mol. The second-order valence-corrected chi connectivity index (χ2v) is 6.05. The molecule has 0 spiro atoms. The van der Waals surface area contributed by atoms with Crippen LogP contribution in [0.25, 0.3) is 0 Å². The molecule has 20 heavy (non-hydrogen) atoms. The SMILES string of the molecule is CN=C(NCCCOC(C)C)NCC(C)c1cccs1. The Morgan fingerprint density at radius 3 is 2.75 bits per heavy atom. The van der Waals surface area contributed by atoms with Crippen molar-refractivity contribution in [1.29, 1.82) is 0 Å². The van der Waals surface area contributed by atoms with E-state index in [1.807, 2.05) is 0 Å². The van der Waals surface area contributed by atoms with Crippen LogP contribution in [0.3, 0.4) is 0 Å². The van der Waals surface area contributed by atoms with Gasteiger partial charge in [0.05, 0.1) is 6.10 Å². The summed E-state index contributed by atoms with van der Waals surface area (Å²) in [6, 6.07) is 4.27. The minimum Gasteiger partial charge on any atom is -0.379 e. The van der Waals surface area contributed by atoms with E-state index in [-0.39, 0.29) is 0 Å². The van der Waals surface area contributed by atoms with Crippen molar-refractivity contribution >= 4 is 17.3 Å². The van der Waals surface area contributed by atoms with E-state index in [0.29, 0.717) is 12.0 Å². The molecule has 0 amide bonds. The lowest BCUT2D eigenvalue weighted by Crippen LogP contribution is -2.39. The van der Waals surface area contributed by atoms with Crippen LogP contribution in [0.2, 0.25) is 0 Å². The van der Waals surface area contributed by atoms with Gasteiger partial charge in [0.15, 0.2) is 5.96 Å². The minimum atomic E-state index is 0.305. The summed E-state index contributed by atoms with van der Waals surface area (Å²) in [6.07, 6.45) is 1.29. The fourth-order valence-corrected chi connectivity index (χ4v) is 2.53. The van der Waals surface area contributed by atoms with E-state index >= 15 is 0 Å². The summed E-state index contributed by atoms with van der Waals surface area (Å²) < 4.78 is 5.51. The van der Waals surface area contributed by atoms with E-state index < -0.39 is 0 Å². The van der Waals surface area contributed by atoms with Crippen LogP contribution in [-0.4, -0.2) is 38.8 Å². The van der Waals surface area contributed by atoms with Gasteiger partial charge in [-0.1, -0.05) is 13.0 Å². The minimum absolute atomic E-state index is 0.305. The summed E-state index contributed by atoms with van der Waals surface area (Å²) in [5.74, 6) is 1.36. The van der Waals surface area contributed by atoms with Gasteiger partial charge in [-0.3, -0.25) is 4.99 Å². The molecule has 0 radical (unpaired) electrons. The molecule has 0 saturated carbocycles. The smallest absolute Gasteiger partial charge is 0.190 e. The molecule has 0 aliphatic carbocycles. The highest BCUT2D eigenvalue weighted by Crippen LogP contribution is 2.19. The van der Waals surface area contributed by atoms with Crippen molar-refractivity contribution in [3.63, 3.8) is 0 Å². The third-order valence-electron chi connectivity index (χ3n) is 2.89. The Hall–Kier alpha value is -1.07. The summed E-state index contributed by atoms with van der Waals surface area (Å²) in [4.78, 5) is 5.63. The lowest BCUT2D eigenvalue weighted by atomic mass is 10.1. The van der Waals surface area contributed by atoms with E-state index in [9.17, 15) is 0 Å². The normalized spacial score (nSPS) is 13.6. The van der Waals surface area contributed by atoms with Crippen molar-refractivity contribution in [2.45, 2.75) is 39.2 Å². The molecule has 114 valence electrons. The molecule has 0 aliphatic rings. The number of aliphatic imine (C=N–C) groups is 1. The quantitative estimate of drug-likeness (QED) is 0.440. The average molecular weight is 297 g/mol. The van der Waals surface area contributed by atoms with Crippen LogP contribution in [-0.2, 0) is 4.74 Å². The summed E-state index contributed by atoms with van der Waals surface area (Å²) in [5.41, 5.74) is 0. The number of guanidine groups is 1. The number of ether oxygens (including phenoxy) is 1. The Bertz CT molecular complexity index is 376. The Balaban J connectivity index is 2.17. The Labute approximate surface area is 126 Å². The first kappa shape index (κ1) is 17.0. The predicted molar refractivity (Wildman–Crippen MR) is 87.8 cm³/mol. The first-order chi connectivity index (χ1) is 9.63.